The Kier molecular flexibility index (Phi) is 5.34. The smallest absolute Gasteiger partial charge is 0.0406 e. The van der Waals surface area contributed by atoms with Crippen molar-refractivity contribution in [2.24, 2.45) is 5.92 Å². The number of hydrogen-bond acceptors (Lipinski definition) is 1. The molecule has 0 amide bonds. The number of nitrogens with one attached hydrogen (secondary N) is 1. The summed E-state index contributed by atoms with van der Waals surface area (Å²) in [5.74, 6) is 1.59. The minimum atomic E-state index is 0.164. The number of benzene rings is 1. The molecule has 1 saturated carbocycles. The summed E-state index contributed by atoms with van der Waals surface area (Å²) >= 11 is 8.55. The molecule has 0 bridgehead atoms. The molecule has 2 rings (SSSR count). The van der Waals surface area contributed by atoms with Gasteiger partial charge in [0.05, 0.1) is 0 Å². The lowest BCUT2D eigenvalue weighted by Gasteiger charge is -2.39. The Labute approximate surface area is 129 Å². The topological polar surface area (TPSA) is 12.0 Å². The van der Waals surface area contributed by atoms with E-state index >= 15 is 0 Å². The van der Waals surface area contributed by atoms with Crippen molar-refractivity contribution in [3.8, 4) is 0 Å². The molecule has 0 saturated heterocycles. The molecule has 1 aliphatic rings. The quantitative estimate of drug-likeness (QED) is 0.599. The zero-order valence-corrected chi connectivity index (χ0v) is 13.8. The molecule has 0 spiro atoms. The van der Waals surface area contributed by atoms with Crippen molar-refractivity contribution in [2.45, 2.75) is 44.7 Å². The molecule has 0 radical (unpaired) electrons. The molecular weight excluding hydrogens is 357 g/mol. The van der Waals surface area contributed by atoms with E-state index < -0.39 is 0 Å². The van der Waals surface area contributed by atoms with Crippen LogP contribution in [0.1, 0.15) is 38.2 Å². The lowest BCUT2D eigenvalue weighted by Crippen LogP contribution is -2.49. The van der Waals surface area contributed by atoms with E-state index in [0.717, 1.165) is 18.3 Å². The van der Waals surface area contributed by atoms with Crippen LogP contribution in [-0.2, 0) is 6.54 Å². The van der Waals surface area contributed by atoms with E-state index in [1.165, 1.54) is 34.8 Å². The van der Waals surface area contributed by atoms with Gasteiger partial charge in [0.1, 0.15) is 0 Å². The van der Waals surface area contributed by atoms with Gasteiger partial charge in [0.25, 0.3) is 0 Å². The fraction of sp³-hybridized carbons (Fsp3) is 0.600. The summed E-state index contributed by atoms with van der Waals surface area (Å²) in [7, 11) is 0. The van der Waals surface area contributed by atoms with E-state index in [2.05, 4.69) is 59.1 Å². The molecule has 1 nitrogen and oxygen atoms in total. The minimum Gasteiger partial charge on any atom is -0.306 e. The Morgan fingerprint density at radius 3 is 2.44 bits per heavy atom. The van der Waals surface area contributed by atoms with Crippen LogP contribution >= 0.6 is 34.2 Å². The maximum absolute atomic E-state index is 6.21. The van der Waals surface area contributed by atoms with Crippen molar-refractivity contribution in [1.29, 1.82) is 0 Å². The Morgan fingerprint density at radius 1 is 1.28 bits per heavy atom. The number of hydrogen-bond donors (Lipinski definition) is 1. The molecule has 1 N–H and O–H groups in total. The average molecular weight is 378 g/mol. The highest BCUT2D eigenvalue weighted by Crippen LogP contribution is 2.33. The predicted molar refractivity (Wildman–Crippen MR) is 87.1 cm³/mol. The van der Waals surface area contributed by atoms with E-state index in [9.17, 15) is 0 Å². The van der Waals surface area contributed by atoms with Gasteiger partial charge in [-0.05, 0) is 71.9 Å². The summed E-state index contributed by atoms with van der Waals surface area (Å²) in [6.07, 6.45) is 5.02. The molecule has 0 heterocycles. The van der Waals surface area contributed by atoms with Crippen LogP contribution < -0.4 is 5.32 Å². The summed E-state index contributed by atoms with van der Waals surface area (Å²) in [6, 6.07) is 8.71. The second-order valence-electron chi connectivity index (χ2n) is 5.58. The van der Waals surface area contributed by atoms with Crippen molar-refractivity contribution >= 4 is 34.2 Å². The number of alkyl halides is 1. The molecule has 0 unspecified atom stereocenters. The third kappa shape index (κ3) is 3.84. The Balaban J connectivity index is 1.92. The van der Waals surface area contributed by atoms with Gasteiger partial charge >= 0.3 is 0 Å². The van der Waals surface area contributed by atoms with Crippen molar-refractivity contribution < 1.29 is 0 Å². The highest BCUT2D eigenvalue weighted by Gasteiger charge is 2.32. The molecule has 0 aliphatic heterocycles. The van der Waals surface area contributed by atoms with Crippen LogP contribution in [0.15, 0.2) is 24.3 Å². The minimum absolute atomic E-state index is 0.164. The number of halogens is 2. The molecule has 1 aliphatic carbocycles. The molecule has 1 fully saturated rings. The van der Waals surface area contributed by atoms with Gasteiger partial charge in [0.15, 0.2) is 0 Å². The van der Waals surface area contributed by atoms with Crippen LogP contribution in [0, 0.1) is 9.49 Å². The SMILES string of the molecule is CC1CCC(CCl)(NCc2ccc(I)cc2)CC1. The maximum Gasteiger partial charge on any atom is 0.0406 e. The van der Waals surface area contributed by atoms with Crippen LogP contribution in [0.25, 0.3) is 0 Å². The van der Waals surface area contributed by atoms with Crippen molar-refractivity contribution in [1.82, 2.24) is 5.32 Å². The summed E-state index contributed by atoms with van der Waals surface area (Å²) < 4.78 is 1.29. The monoisotopic (exact) mass is 377 g/mol. The van der Waals surface area contributed by atoms with Crippen LogP contribution in [0.3, 0.4) is 0 Å². The number of rotatable bonds is 4. The Bertz CT molecular complexity index is 369. The summed E-state index contributed by atoms with van der Waals surface area (Å²) in [4.78, 5) is 0. The molecule has 3 heteroatoms. The van der Waals surface area contributed by atoms with Gasteiger partial charge in [-0.3, -0.25) is 0 Å². The molecule has 1 aromatic carbocycles. The van der Waals surface area contributed by atoms with Crippen LogP contribution in [-0.4, -0.2) is 11.4 Å². The van der Waals surface area contributed by atoms with Crippen molar-refractivity contribution in [3.63, 3.8) is 0 Å². The molecule has 100 valence electrons. The van der Waals surface area contributed by atoms with Crippen LogP contribution in [0.5, 0.6) is 0 Å². The van der Waals surface area contributed by atoms with Gasteiger partial charge in [-0.2, -0.15) is 0 Å². The van der Waals surface area contributed by atoms with Gasteiger partial charge in [-0.15, -0.1) is 11.6 Å². The lowest BCUT2D eigenvalue weighted by atomic mass is 9.78. The molecular formula is C15H21ClIN. The summed E-state index contributed by atoms with van der Waals surface area (Å²) in [5.41, 5.74) is 1.51. The average Bonchev–Trinajstić information content (AvgIpc) is 2.41. The summed E-state index contributed by atoms with van der Waals surface area (Å²) in [5, 5.41) is 3.71. The third-order valence-electron chi connectivity index (χ3n) is 4.07. The molecule has 0 atom stereocenters. The second-order valence-corrected chi connectivity index (χ2v) is 7.09. The second kappa shape index (κ2) is 6.58. The highest BCUT2D eigenvalue weighted by molar-refractivity contribution is 14.1. The van der Waals surface area contributed by atoms with E-state index in [1.54, 1.807) is 0 Å². The fourth-order valence-electron chi connectivity index (χ4n) is 2.56. The zero-order chi connectivity index (χ0) is 13.0. The van der Waals surface area contributed by atoms with E-state index in [0.29, 0.717) is 0 Å². The van der Waals surface area contributed by atoms with E-state index in [4.69, 9.17) is 11.6 Å². The molecule has 18 heavy (non-hydrogen) atoms. The highest BCUT2D eigenvalue weighted by atomic mass is 127. The standard InChI is InChI=1S/C15H21ClIN/c1-12-6-8-15(11-16,9-7-12)18-10-13-2-4-14(17)5-3-13/h2-5,12,18H,6-11H2,1H3. The fourth-order valence-corrected chi connectivity index (χ4v) is 3.29. The normalized spacial score (nSPS) is 28.3. The Hall–Kier alpha value is 0.200. The Morgan fingerprint density at radius 2 is 1.89 bits per heavy atom. The van der Waals surface area contributed by atoms with E-state index in [-0.39, 0.29) is 5.54 Å². The van der Waals surface area contributed by atoms with Crippen LogP contribution in [0.4, 0.5) is 0 Å². The molecule has 1 aromatic rings. The first-order chi connectivity index (χ1) is 8.63. The first kappa shape index (κ1) is 14.6. The lowest BCUT2D eigenvalue weighted by molar-refractivity contribution is 0.216. The first-order valence-electron chi connectivity index (χ1n) is 6.69. The first-order valence-corrected chi connectivity index (χ1v) is 8.30. The third-order valence-corrected chi connectivity index (χ3v) is 5.30. The summed E-state index contributed by atoms with van der Waals surface area (Å²) in [6.45, 7) is 3.27. The van der Waals surface area contributed by atoms with E-state index in [1.807, 2.05) is 0 Å². The van der Waals surface area contributed by atoms with Gasteiger partial charge in [0, 0.05) is 21.5 Å². The maximum atomic E-state index is 6.21. The predicted octanol–water partition coefficient (Wildman–Crippen LogP) is 4.57. The largest absolute Gasteiger partial charge is 0.306 e. The van der Waals surface area contributed by atoms with Gasteiger partial charge in [-0.1, -0.05) is 19.1 Å². The molecule has 0 aromatic heterocycles. The van der Waals surface area contributed by atoms with Gasteiger partial charge < -0.3 is 5.32 Å². The van der Waals surface area contributed by atoms with Gasteiger partial charge in [0.2, 0.25) is 0 Å². The van der Waals surface area contributed by atoms with Crippen molar-refractivity contribution in [2.75, 3.05) is 5.88 Å². The van der Waals surface area contributed by atoms with Crippen LogP contribution in [0.2, 0.25) is 0 Å². The van der Waals surface area contributed by atoms with Crippen molar-refractivity contribution in [3.05, 3.63) is 33.4 Å². The van der Waals surface area contributed by atoms with Gasteiger partial charge in [-0.25, -0.2) is 0 Å². The zero-order valence-electron chi connectivity index (χ0n) is 10.9.